The van der Waals surface area contributed by atoms with Crippen LogP contribution in [0.5, 0.6) is 0 Å². The van der Waals surface area contributed by atoms with Crippen LogP contribution in [-0.2, 0) is 6.42 Å². The molecule has 0 atom stereocenters. The fourth-order valence-corrected chi connectivity index (χ4v) is 2.49. The number of aromatic nitrogens is 2. The number of hydrogen-bond acceptors (Lipinski definition) is 2. The minimum Gasteiger partial charge on any atom is -0.351 e. The van der Waals surface area contributed by atoms with Crippen LogP contribution in [0.25, 0.3) is 10.9 Å². The van der Waals surface area contributed by atoms with Crippen molar-refractivity contribution in [2.45, 2.75) is 13.3 Å². The third-order valence-electron chi connectivity index (χ3n) is 3.78. The Morgan fingerprint density at radius 1 is 1.23 bits per heavy atom. The predicted octanol–water partition coefficient (Wildman–Crippen LogP) is 3.19. The van der Waals surface area contributed by atoms with Crippen molar-refractivity contribution in [3.05, 3.63) is 65.6 Å². The van der Waals surface area contributed by atoms with Gasteiger partial charge in [-0.05, 0) is 36.8 Å². The summed E-state index contributed by atoms with van der Waals surface area (Å²) in [5, 5.41) is 1.06. The van der Waals surface area contributed by atoms with Gasteiger partial charge in [0.15, 0.2) is 0 Å². The zero-order valence-electron chi connectivity index (χ0n) is 12.8. The Hall–Kier alpha value is -2.62. The zero-order valence-corrected chi connectivity index (χ0v) is 12.8. The Labute approximate surface area is 129 Å². The summed E-state index contributed by atoms with van der Waals surface area (Å²) in [7, 11) is 1.82. The predicted molar refractivity (Wildman–Crippen MR) is 87.9 cm³/mol. The first kappa shape index (κ1) is 14.3. The summed E-state index contributed by atoms with van der Waals surface area (Å²) in [6.07, 6.45) is 2.53. The third-order valence-corrected chi connectivity index (χ3v) is 3.78. The van der Waals surface area contributed by atoms with Gasteiger partial charge >= 0.3 is 0 Å². The third kappa shape index (κ3) is 3.01. The average molecular weight is 293 g/mol. The van der Waals surface area contributed by atoms with E-state index in [0.29, 0.717) is 12.2 Å². The number of pyridine rings is 1. The van der Waals surface area contributed by atoms with Crippen LogP contribution >= 0.6 is 0 Å². The lowest BCUT2D eigenvalue weighted by Gasteiger charge is -2.15. The molecule has 0 bridgehead atoms. The maximum absolute atomic E-state index is 12.5. The lowest BCUT2D eigenvalue weighted by molar-refractivity contribution is 0.0791. The fraction of sp³-hybridized carbons (Fsp3) is 0.222. The van der Waals surface area contributed by atoms with E-state index < -0.39 is 0 Å². The normalized spacial score (nSPS) is 10.8. The highest BCUT2D eigenvalue weighted by Gasteiger charge is 2.14. The van der Waals surface area contributed by atoms with E-state index in [-0.39, 0.29) is 5.91 Å². The number of benzene rings is 1. The van der Waals surface area contributed by atoms with Gasteiger partial charge in [-0.15, -0.1) is 0 Å². The van der Waals surface area contributed by atoms with Crippen LogP contribution in [0.2, 0.25) is 0 Å². The molecule has 0 saturated heterocycles. The summed E-state index contributed by atoms with van der Waals surface area (Å²) in [5.74, 6) is 0.00443. The summed E-state index contributed by atoms with van der Waals surface area (Å²) in [5.41, 5.74) is 3.80. The molecule has 0 unspecified atom stereocenters. The number of nitrogens with one attached hydrogen (secondary N) is 1. The molecule has 0 spiro atoms. The van der Waals surface area contributed by atoms with Crippen molar-refractivity contribution in [1.82, 2.24) is 14.9 Å². The quantitative estimate of drug-likeness (QED) is 0.803. The average Bonchev–Trinajstić information content (AvgIpc) is 2.95. The van der Waals surface area contributed by atoms with Gasteiger partial charge in [-0.1, -0.05) is 18.2 Å². The number of rotatable bonds is 4. The Balaban J connectivity index is 1.71. The van der Waals surface area contributed by atoms with Crippen molar-refractivity contribution < 1.29 is 4.79 Å². The smallest absolute Gasteiger partial charge is 0.270 e. The van der Waals surface area contributed by atoms with Crippen molar-refractivity contribution in [2.24, 2.45) is 0 Å². The van der Waals surface area contributed by atoms with Crippen molar-refractivity contribution >= 4 is 16.8 Å². The first-order chi connectivity index (χ1) is 10.6. The molecule has 22 heavy (non-hydrogen) atoms. The summed E-state index contributed by atoms with van der Waals surface area (Å²) in [6.45, 7) is 2.69. The van der Waals surface area contributed by atoms with E-state index in [2.05, 4.69) is 22.1 Å². The molecule has 3 rings (SSSR count). The van der Waals surface area contributed by atoms with Crippen LogP contribution in [0, 0.1) is 6.92 Å². The van der Waals surface area contributed by atoms with Gasteiger partial charge in [-0.3, -0.25) is 9.78 Å². The van der Waals surface area contributed by atoms with Gasteiger partial charge in [0.1, 0.15) is 5.69 Å². The number of amides is 1. The largest absolute Gasteiger partial charge is 0.351 e. The van der Waals surface area contributed by atoms with Crippen molar-refractivity contribution in [2.75, 3.05) is 13.6 Å². The number of hydrogen-bond donors (Lipinski definition) is 1. The highest BCUT2D eigenvalue weighted by molar-refractivity contribution is 5.98. The maximum atomic E-state index is 12.5. The van der Waals surface area contributed by atoms with Gasteiger partial charge < -0.3 is 9.88 Å². The molecule has 0 radical (unpaired) electrons. The molecule has 1 aromatic carbocycles. The van der Waals surface area contributed by atoms with Crippen LogP contribution in [0.15, 0.2) is 48.7 Å². The number of aryl methyl sites for hydroxylation is 1. The number of H-pyrrole nitrogens is 1. The Bertz CT molecular complexity index is 792. The maximum Gasteiger partial charge on any atom is 0.270 e. The van der Waals surface area contributed by atoms with Gasteiger partial charge in [0.25, 0.3) is 5.91 Å². The monoisotopic (exact) mass is 293 g/mol. The first-order valence-electron chi connectivity index (χ1n) is 7.38. The first-order valence-corrected chi connectivity index (χ1v) is 7.38. The van der Waals surface area contributed by atoms with E-state index in [1.165, 1.54) is 5.56 Å². The van der Waals surface area contributed by atoms with E-state index in [0.717, 1.165) is 23.0 Å². The Morgan fingerprint density at radius 2 is 2.09 bits per heavy atom. The summed E-state index contributed by atoms with van der Waals surface area (Å²) in [6, 6.07) is 13.9. The van der Waals surface area contributed by atoms with Gasteiger partial charge in [-0.25, -0.2) is 0 Å². The lowest BCUT2D eigenvalue weighted by Crippen LogP contribution is -2.29. The van der Waals surface area contributed by atoms with Crippen LogP contribution in [0.3, 0.4) is 0 Å². The molecule has 0 aliphatic heterocycles. The number of carbonyl (C=O) groups excluding carboxylic acids is 1. The summed E-state index contributed by atoms with van der Waals surface area (Å²) < 4.78 is 0. The molecular weight excluding hydrogens is 274 g/mol. The minimum atomic E-state index is 0.00443. The number of likely N-dealkylation sites (N-methyl/N-ethyl adjacent to an activating group) is 1. The topological polar surface area (TPSA) is 49.0 Å². The number of carbonyl (C=O) groups is 1. The molecule has 4 nitrogen and oxygen atoms in total. The van der Waals surface area contributed by atoms with Gasteiger partial charge in [-0.2, -0.15) is 0 Å². The molecule has 0 saturated carbocycles. The van der Waals surface area contributed by atoms with Crippen molar-refractivity contribution in [1.29, 1.82) is 0 Å². The van der Waals surface area contributed by atoms with Gasteiger partial charge in [0.2, 0.25) is 0 Å². The van der Waals surface area contributed by atoms with E-state index in [1.54, 1.807) is 11.1 Å². The van der Waals surface area contributed by atoms with Crippen LogP contribution < -0.4 is 0 Å². The molecule has 0 fully saturated rings. The molecular formula is C18H19N3O. The van der Waals surface area contributed by atoms with Crippen LogP contribution in [0.4, 0.5) is 0 Å². The molecule has 4 heteroatoms. The Kier molecular flexibility index (Phi) is 3.92. The SMILES string of the molecule is Cc1ccc2cc(C(=O)N(C)CCc3ccccn3)[nH]c2c1. The minimum absolute atomic E-state index is 0.00443. The molecule has 3 aromatic rings. The van der Waals surface area contributed by atoms with E-state index in [9.17, 15) is 4.79 Å². The fourth-order valence-electron chi connectivity index (χ4n) is 2.49. The standard InChI is InChI=1S/C18H19N3O/c1-13-6-7-14-12-17(20-16(14)11-13)18(22)21(2)10-8-15-5-3-4-9-19-15/h3-7,9,11-12,20H,8,10H2,1-2H3. The molecule has 0 aliphatic carbocycles. The van der Waals surface area contributed by atoms with E-state index in [1.807, 2.05) is 44.3 Å². The number of nitrogens with zero attached hydrogens (tertiary/aromatic N) is 2. The van der Waals surface area contributed by atoms with Crippen molar-refractivity contribution in [3.63, 3.8) is 0 Å². The van der Waals surface area contributed by atoms with Crippen LogP contribution in [-0.4, -0.2) is 34.4 Å². The van der Waals surface area contributed by atoms with Crippen LogP contribution in [0.1, 0.15) is 21.7 Å². The molecule has 2 heterocycles. The molecule has 1 amide bonds. The molecule has 0 aliphatic rings. The second-order valence-corrected chi connectivity index (χ2v) is 5.57. The lowest BCUT2D eigenvalue weighted by atomic mass is 10.2. The second kappa shape index (κ2) is 6.02. The van der Waals surface area contributed by atoms with E-state index >= 15 is 0 Å². The highest BCUT2D eigenvalue weighted by Crippen LogP contribution is 2.17. The summed E-state index contributed by atoms with van der Waals surface area (Å²) >= 11 is 0. The molecule has 2 aromatic heterocycles. The van der Waals surface area contributed by atoms with Gasteiger partial charge in [0.05, 0.1) is 0 Å². The van der Waals surface area contributed by atoms with E-state index in [4.69, 9.17) is 0 Å². The zero-order chi connectivity index (χ0) is 15.5. The second-order valence-electron chi connectivity index (χ2n) is 5.57. The molecule has 1 N–H and O–H groups in total. The molecule has 112 valence electrons. The highest BCUT2D eigenvalue weighted by atomic mass is 16.2. The number of aromatic amines is 1. The van der Waals surface area contributed by atoms with Crippen molar-refractivity contribution in [3.8, 4) is 0 Å². The Morgan fingerprint density at radius 3 is 2.86 bits per heavy atom. The summed E-state index contributed by atoms with van der Waals surface area (Å²) in [4.78, 5) is 21.7. The number of fused-ring (bicyclic) bond motifs is 1. The van der Waals surface area contributed by atoms with Gasteiger partial charge in [0, 0.05) is 42.8 Å².